The van der Waals surface area contributed by atoms with Gasteiger partial charge in [-0.3, -0.25) is 9.69 Å². The molecule has 0 bridgehead atoms. The highest BCUT2D eigenvalue weighted by Gasteiger charge is 2.25. The van der Waals surface area contributed by atoms with E-state index in [-0.39, 0.29) is 12.5 Å². The second kappa shape index (κ2) is 8.73. The third-order valence-electron chi connectivity index (χ3n) is 5.49. The Bertz CT molecular complexity index is 794. The van der Waals surface area contributed by atoms with Gasteiger partial charge in [0.25, 0.3) is 5.91 Å². The van der Waals surface area contributed by atoms with E-state index in [9.17, 15) is 4.79 Å². The molecular formula is C21H28N4O3. The molecule has 1 N–H and O–H groups in total. The molecule has 1 aliphatic heterocycles. The first-order valence-electron chi connectivity index (χ1n) is 10.2. The summed E-state index contributed by atoms with van der Waals surface area (Å²) < 4.78 is 11.1. The molecule has 1 saturated heterocycles. The van der Waals surface area contributed by atoms with Gasteiger partial charge in [-0.2, -0.15) is 4.98 Å². The van der Waals surface area contributed by atoms with Crippen LogP contribution in [0.15, 0.2) is 28.8 Å². The summed E-state index contributed by atoms with van der Waals surface area (Å²) in [6.07, 6.45) is 4.47. The van der Waals surface area contributed by atoms with Gasteiger partial charge in [-0.15, -0.1) is 0 Å². The molecule has 2 heterocycles. The topological polar surface area (TPSA) is 80.5 Å². The average molecular weight is 384 g/mol. The number of hydrogen-bond donors (Lipinski definition) is 1. The first-order chi connectivity index (χ1) is 13.7. The van der Waals surface area contributed by atoms with Crippen molar-refractivity contribution >= 4 is 5.91 Å². The Hall–Kier alpha value is -2.41. The fourth-order valence-electron chi connectivity index (χ4n) is 3.61. The summed E-state index contributed by atoms with van der Waals surface area (Å²) in [7, 11) is 0. The van der Waals surface area contributed by atoms with Crippen LogP contribution in [0.1, 0.15) is 48.9 Å². The number of rotatable bonds is 8. The maximum atomic E-state index is 12.0. The van der Waals surface area contributed by atoms with Crippen LogP contribution < -0.4 is 10.1 Å². The Morgan fingerprint density at radius 1 is 1.25 bits per heavy atom. The lowest BCUT2D eigenvalue weighted by Gasteiger charge is -2.30. The van der Waals surface area contributed by atoms with Gasteiger partial charge in [0.1, 0.15) is 5.75 Å². The lowest BCUT2D eigenvalue weighted by atomic mass is 9.96. The Balaban J connectivity index is 1.27. The number of likely N-dealkylation sites (tertiary alicyclic amines) is 1. The van der Waals surface area contributed by atoms with Gasteiger partial charge in [0.2, 0.25) is 5.89 Å². The number of amides is 1. The minimum atomic E-state index is -0.0441. The maximum Gasteiger partial charge on any atom is 0.257 e. The van der Waals surface area contributed by atoms with E-state index in [4.69, 9.17) is 9.26 Å². The molecule has 7 nitrogen and oxygen atoms in total. The monoisotopic (exact) mass is 384 g/mol. The number of aryl methyl sites for hydroxylation is 1. The molecule has 0 atom stereocenters. The Morgan fingerprint density at radius 2 is 2.04 bits per heavy atom. The predicted molar refractivity (Wildman–Crippen MR) is 104 cm³/mol. The van der Waals surface area contributed by atoms with Crippen molar-refractivity contribution < 1.29 is 14.1 Å². The van der Waals surface area contributed by atoms with E-state index in [1.807, 2.05) is 25.1 Å². The number of nitrogens with zero attached hydrogens (tertiary/aromatic N) is 3. The van der Waals surface area contributed by atoms with Gasteiger partial charge in [0.05, 0.1) is 0 Å². The fourth-order valence-corrected chi connectivity index (χ4v) is 3.61. The smallest absolute Gasteiger partial charge is 0.257 e. The quantitative estimate of drug-likeness (QED) is 0.754. The van der Waals surface area contributed by atoms with Crippen molar-refractivity contribution in [2.45, 2.75) is 45.1 Å². The minimum absolute atomic E-state index is 0.0441. The summed E-state index contributed by atoms with van der Waals surface area (Å²) in [5.74, 6) is 3.23. The number of carbonyl (C=O) groups excluding carboxylic acids is 1. The molecule has 1 aromatic heterocycles. The Labute approximate surface area is 165 Å². The molecule has 1 amide bonds. The third kappa shape index (κ3) is 5.10. The van der Waals surface area contributed by atoms with E-state index < -0.39 is 0 Å². The molecule has 1 aliphatic carbocycles. The summed E-state index contributed by atoms with van der Waals surface area (Å²) in [6, 6.07) is 7.98. The Morgan fingerprint density at radius 3 is 2.75 bits per heavy atom. The lowest BCUT2D eigenvalue weighted by molar-refractivity contribution is -0.123. The van der Waals surface area contributed by atoms with Crippen LogP contribution in [-0.2, 0) is 11.3 Å². The van der Waals surface area contributed by atoms with Crippen LogP contribution in [0.2, 0.25) is 0 Å². The standard InChI is InChI=1S/C21H28N4O3/c1-15-23-21(28-24-15)17-8-10-25(11-9-17)13-18-4-2-3-5-19(18)27-14-20(26)22-12-16-6-7-16/h2-5,16-17H,6-14H2,1H3,(H,22,26). The zero-order chi connectivity index (χ0) is 19.3. The summed E-state index contributed by atoms with van der Waals surface area (Å²) >= 11 is 0. The van der Waals surface area contributed by atoms with Crippen LogP contribution in [0, 0.1) is 12.8 Å². The van der Waals surface area contributed by atoms with Crippen molar-refractivity contribution in [1.82, 2.24) is 20.4 Å². The molecule has 0 spiro atoms. The fraction of sp³-hybridized carbons (Fsp3) is 0.571. The highest BCUT2D eigenvalue weighted by atomic mass is 16.5. The largest absolute Gasteiger partial charge is 0.483 e. The Kier molecular flexibility index (Phi) is 5.90. The van der Waals surface area contributed by atoms with Crippen molar-refractivity contribution in [3.8, 4) is 5.75 Å². The number of carbonyl (C=O) groups is 1. The number of piperidine rings is 1. The van der Waals surface area contributed by atoms with Gasteiger partial charge in [0, 0.05) is 24.6 Å². The number of nitrogens with one attached hydrogen (secondary N) is 1. The van der Waals surface area contributed by atoms with Gasteiger partial charge < -0.3 is 14.6 Å². The number of aromatic nitrogens is 2. The van der Waals surface area contributed by atoms with E-state index in [0.717, 1.165) is 56.2 Å². The van der Waals surface area contributed by atoms with E-state index in [1.54, 1.807) is 0 Å². The first-order valence-corrected chi connectivity index (χ1v) is 10.2. The zero-order valence-electron chi connectivity index (χ0n) is 16.4. The lowest BCUT2D eigenvalue weighted by Crippen LogP contribution is -2.33. The van der Waals surface area contributed by atoms with Crippen molar-refractivity contribution in [2.24, 2.45) is 5.92 Å². The zero-order valence-corrected chi connectivity index (χ0v) is 16.4. The molecule has 7 heteroatoms. The van der Waals surface area contributed by atoms with Crippen LogP contribution in [0.3, 0.4) is 0 Å². The summed E-state index contributed by atoms with van der Waals surface area (Å²) in [6.45, 7) is 5.46. The van der Waals surface area contributed by atoms with Gasteiger partial charge in [-0.05, 0) is 57.7 Å². The predicted octanol–water partition coefficient (Wildman–Crippen LogP) is 2.66. The highest BCUT2D eigenvalue weighted by molar-refractivity contribution is 5.77. The molecule has 0 unspecified atom stereocenters. The normalized spacial score (nSPS) is 18.2. The molecule has 28 heavy (non-hydrogen) atoms. The molecule has 2 fully saturated rings. The molecule has 4 rings (SSSR count). The third-order valence-corrected chi connectivity index (χ3v) is 5.49. The molecule has 1 aromatic carbocycles. The molecule has 1 saturated carbocycles. The van der Waals surface area contributed by atoms with Crippen LogP contribution >= 0.6 is 0 Å². The number of ether oxygens (including phenoxy) is 1. The van der Waals surface area contributed by atoms with Crippen LogP contribution in [-0.4, -0.2) is 47.2 Å². The van der Waals surface area contributed by atoms with E-state index >= 15 is 0 Å². The molecule has 2 aliphatic rings. The van der Waals surface area contributed by atoms with Crippen LogP contribution in [0.25, 0.3) is 0 Å². The molecule has 2 aromatic rings. The van der Waals surface area contributed by atoms with Crippen molar-refractivity contribution in [3.63, 3.8) is 0 Å². The highest BCUT2D eigenvalue weighted by Crippen LogP contribution is 2.29. The molecule has 0 radical (unpaired) electrons. The number of hydrogen-bond acceptors (Lipinski definition) is 6. The summed E-state index contributed by atoms with van der Waals surface area (Å²) in [5.41, 5.74) is 1.12. The maximum absolute atomic E-state index is 12.0. The second-order valence-corrected chi connectivity index (χ2v) is 7.87. The van der Waals surface area contributed by atoms with Crippen LogP contribution in [0.4, 0.5) is 0 Å². The minimum Gasteiger partial charge on any atom is -0.483 e. The van der Waals surface area contributed by atoms with Crippen molar-refractivity contribution in [2.75, 3.05) is 26.2 Å². The first kappa shape index (κ1) is 18.9. The van der Waals surface area contributed by atoms with Gasteiger partial charge in [-0.25, -0.2) is 0 Å². The summed E-state index contributed by atoms with van der Waals surface area (Å²) in [4.78, 5) is 18.7. The number of para-hydroxylation sites is 1. The van der Waals surface area contributed by atoms with E-state index in [1.165, 1.54) is 12.8 Å². The second-order valence-electron chi connectivity index (χ2n) is 7.87. The number of benzene rings is 1. The molecular weight excluding hydrogens is 356 g/mol. The summed E-state index contributed by atoms with van der Waals surface area (Å²) in [5, 5.41) is 6.85. The molecule has 150 valence electrons. The van der Waals surface area contributed by atoms with Crippen molar-refractivity contribution in [3.05, 3.63) is 41.5 Å². The van der Waals surface area contributed by atoms with Gasteiger partial charge >= 0.3 is 0 Å². The van der Waals surface area contributed by atoms with E-state index in [2.05, 4.69) is 26.4 Å². The average Bonchev–Trinajstić information content (AvgIpc) is 3.45. The van der Waals surface area contributed by atoms with Gasteiger partial charge in [0.15, 0.2) is 12.4 Å². The van der Waals surface area contributed by atoms with Crippen molar-refractivity contribution in [1.29, 1.82) is 0 Å². The van der Waals surface area contributed by atoms with Gasteiger partial charge in [-0.1, -0.05) is 23.4 Å². The SMILES string of the molecule is Cc1noc(C2CCN(Cc3ccccc3OCC(=O)NCC3CC3)CC2)n1. The van der Waals surface area contributed by atoms with E-state index in [0.29, 0.717) is 17.7 Å². The van der Waals surface area contributed by atoms with Crippen LogP contribution in [0.5, 0.6) is 5.75 Å².